The highest BCUT2D eigenvalue weighted by atomic mass is 31.2. The molecule has 0 amide bonds. The molecular formula is C65H65N8O7P. The van der Waals surface area contributed by atoms with Crippen LogP contribution in [0.5, 0.6) is 11.5 Å². The van der Waals surface area contributed by atoms with E-state index in [2.05, 4.69) is 120 Å². The van der Waals surface area contributed by atoms with Gasteiger partial charge in [0.25, 0.3) is 8.53 Å². The van der Waals surface area contributed by atoms with Crippen molar-refractivity contribution >= 4 is 58.8 Å². The van der Waals surface area contributed by atoms with E-state index in [4.69, 9.17) is 38.7 Å². The van der Waals surface area contributed by atoms with E-state index in [0.717, 1.165) is 27.6 Å². The number of aliphatic imine (C=N–C) groups is 1. The van der Waals surface area contributed by atoms with E-state index >= 15 is 0 Å². The Bertz CT molecular complexity index is 3710. The number of nitrogens with one attached hydrogen (secondary N) is 1. The fraction of sp³-hybridized carbons (Fsp3) is 0.292. The number of ketones is 1. The molecule has 2 fully saturated rings. The third kappa shape index (κ3) is 9.39. The van der Waals surface area contributed by atoms with Gasteiger partial charge in [0.15, 0.2) is 6.23 Å². The number of aromatic nitrogens is 2. The van der Waals surface area contributed by atoms with Gasteiger partial charge in [0, 0.05) is 30.7 Å². The highest BCUT2D eigenvalue weighted by Gasteiger charge is 2.67. The van der Waals surface area contributed by atoms with Gasteiger partial charge in [-0.3, -0.25) is 20.0 Å². The summed E-state index contributed by atoms with van der Waals surface area (Å²) in [4.78, 5) is 26.5. The summed E-state index contributed by atoms with van der Waals surface area (Å²) in [6, 6.07) is 56.6. The Balaban J connectivity index is 1.06. The first kappa shape index (κ1) is 54.0. The Hall–Kier alpha value is -7.61. The second-order valence-corrected chi connectivity index (χ2v) is 23.0. The smallest absolute Gasteiger partial charge is 0.259 e. The summed E-state index contributed by atoms with van der Waals surface area (Å²) in [5.74, 6) is 1.45. The van der Waals surface area contributed by atoms with Crippen LogP contribution in [0, 0.1) is 11.3 Å². The number of imidazole rings is 1. The normalized spacial score (nSPS) is 21.1. The molecule has 1 aromatic heterocycles. The molecule has 2 unspecified atom stereocenters. The van der Waals surface area contributed by atoms with Crippen LogP contribution in [-0.2, 0) is 36.3 Å². The highest BCUT2D eigenvalue weighted by molar-refractivity contribution is 7.44. The lowest BCUT2D eigenvalue weighted by Crippen LogP contribution is -2.51. The minimum absolute atomic E-state index is 0.00355. The lowest BCUT2D eigenvalue weighted by atomic mass is 9.79. The van der Waals surface area contributed by atoms with Crippen molar-refractivity contribution < 1.29 is 32.8 Å². The van der Waals surface area contributed by atoms with E-state index in [9.17, 15) is 10.1 Å². The molecule has 8 aromatic carbocycles. The standard InChI is InChI=1S/C65H65N8O7P/c1-42(2)73(43(3)4)81(78-36-14-35-66)80-60-57-62(72-41-69-58-61(72)68-40-70-65(58,67)59(74)47-15-9-7-10-16-47)79-63(60,38-71(57)37-48-24-23-46-22-21-44-17-13-18-45-25-34-54(48)56(46)55(44)45)39-77-64(49-19-11-8-12-20-49,50-26-30-52(75-5)31-27-50)51-28-32-53(76-6)33-29-51/h7-13,15-34,40-43,57,60,62H,14,36-39,67H2,1-6H3,(H,68,70)/t57-,60+,62-,63+,65?,81?/m1/s1. The molecule has 15 nitrogen and oxygen atoms in total. The van der Waals surface area contributed by atoms with Gasteiger partial charge in [-0.15, -0.1) is 0 Å². The molecule has 2 saturated heterocycles. The van der Waals surface area contributed by atoms with Gasteiger partial charge in [-0.1, -0.05) is 140 Å². The number of Topliss-reactive ketones (excluding diaryl/α,β-unsaturated/α-hetero) is 1. The monoisotopic (exact) mass is 1100 g/mol. The summed E-state index contributed by atoms with van der Waals surface area (Å²) < 4.78 is 45.9. The van der Waals surface area contributed by atoms with Crippen LogP contribution < -0.4 is 20.5 Å². The Kier molecular flexibility index (Phi) is 14.7. The van der Waals surface area contributed by atoms with E-state index in [1.165, 1.54) is 33.3 Å². The maximum atomic E-state index is 14.5. The van der Waals surface area contributed by atoms with Crippen molar-refractivity contribution in [1.29, 1.82) is 5.26 Å². The fourth-order valence-electron chi connectivity index (χ4n) is 12.5. The Morgan fingerprint density at radius 2 is 1.41 bits per heavy atom. The molecule has 6 atom stereocenters. The predicted molar refractivity (Wildman–Crippen MR) is 317 cm³/mol. The van der Waals surface area contributed by atoms with Gasteiger partial charge in [0.05, 0.1) is 58.6 Å². The third-order valence-electron chi connectivity index (χ3n) is 16.2. The van der Waals surface area contributed by atoms with Gasteiger partial charge < -0.3 is 33.3 Å². The van der Waals surface area contributed by atoms with Gasteiger partial charge in [0.2, 0.25) is 11.4 Å². The second-order valence-electron chi connectivity index (χ2n) is 21.6. The van der Waals surface area contributed by atoms with Gasteiger partial charge in [-0.2, -0.15) is 5.26 Å². The van der Waals surface area contributed by atoms with Crippen LogP contribution >= 0.6 is 8.53 Å². The van der Waals surface area contributed by atoms with Crippen LogP contribution in [-0.4, -0.2) is 95.1 Å². The highest BCUT2D eigenvalue weighted by Crippen LogP contribution is 2.58. The number of benzene rings is 8. The van der Waals surface area contributed by atoms with Crippen molar-refractivity contribution in [2.24, 2.45) is 10.7 Å². The molecule has 9 aromatic rings. The number of fused-ring (bicyclic) bond motifs is 3. The van der Waals surface area contributed by atoms with Crippen LogP contribution in [0.2, 0.25) is 0 Å². The van der Waals surface area contributed by atoms with Crippen molar-refractivity contribution in [3.05, 3.63) is 204 Å². The summed E-state index contributed by atoms with van der Waals surface area (Å²) in [5, 5.41) is 20.3. The number of likely N-dealkylation sites (tertiary alicyclic amines) is 1. The first-order valence-electron chi connectivity index (χ1n) is 27.5. The van der Waals surface area contributed by atoms with E-state index < -0.39 is 49.5 Å². The van der Waals surface area contributed by atoms with Crippen molar-refractivity contribution in [3.63, 3.8) is 0 Å². The minimum atomic E-state index is -1.86. The van der Waals surface area contributed by atoms with Crippen molar-refractivity contribution in [2.75, 3.05) is 39.3 Å². The number of hydrogen-bond acceptors (Lipinski definition) is 14. The first-order chi connectivity index (χ1) is 39.4. The molecule has 81 heavy (non-hydrogen) atoms. The average Bonchev–Trinajstić information content (AvgIpc) is 3.40. The predicted octanol–water partition coefficient (Wildman–Crippen LogP) is 12.1. The number of nitriles is 1. The molecule has 0 aliphatic carbocycles. The number of anilines is 1. The molecule has 16 heteroatoms. The van der Waals surface area contributed by atoms with Crippen molar-refractivity contribution in [2.45, 2.75) is 88.0 Å². The number of rotatable bonds is 21. The van der Waals surface area contributed by atoms with Crippen molar-refractivity contribution in [1.82, 2.24) is 19.1 Å². The molecule has 3 N–H and O–H groups in total. The van der Waals surface area contributed by atoms with Gasteiger partial charge in [0.1, 0.15) is 40.3 Å². The van der Waals surface area contributed by atoms with Crippen LogP contribution in [0.25, 0.3) is 32.3 Å². The summed E-state index contributed by atoms with van der Waals surface area (Å²) in [6.45, 7) is 9.54. The van der Waals surface area contributed by atoms with E-state index in [1.54, 1.807) is 44.8 Å². The van der Waals surface area contributed by atoms with Crippen LogP contribution in [0.15, 0.2) is 175 Å². The largest absolute Gasteiger partial charge is 0.497 e. The van der Waals surface area contributed by atoms with E-state index in [1.807, 2.05) is 77.4 Å². The summed E-state index contributed by atoms with van der Waals surface area (Å²) in [6.07, 6.45) is 1.75. The number of carbonyl (C=O) groups excluding carboxylic acids is 1. The van der Waals surface area contributed by atoms with Gasteiger partial charge in [-0.25, -0.2) is 14.6 Å². The summed E-state index contributed by atoms with van der Waals surface area (Å²) >= 11 is 0. The lowest BCUT2D eigenvalue weighted by molar-refractivity contribution is -0.177. The molecule has 0 spiro atoms. The molecule has 3 aliphatic rings. The van der Waals surface area contributed by atoms with Crippen LogP contribution in [0.4, 0.5) is 5.82 Å². The zero-order chi connectivity index (χ0) is 56.0. The number of ether oxygens (including phenoxy) is 4. The fourth-order valence-corrected chi connectivity index (χ4v) is 14.4. The number of hydrogen-bond donors (Lipinski definition) is 2. The molecule has 412 valence electrons. The van der Waals surface area contributed by atoms with E-state index in [0.29, 0.717) is 36.0 Å². The Morgan fingerprint density at radius 1 is 0.802 bits per heavy atom. The quantitative estimate of drug-likeness (QED) is 0.0229. The maximum Gasteiger partial charge on any atom is 0.259 e. The molecule has 4 heterocycles. The topological polar surface area (TPSA) is 171 Å². The summed E-state index contributed by atoms with van der Waals surface area (Å²) in [7, 11) is 1.46. The average molecular weight is 1100 g/mol. The minimum Gasteiger partial charge on any atom is -0.497 e. The molecular weight excluding hydrogens is 1040 g/mol. The Labute approximate surface area is 473 Å². The van der Waals surface area contributed by atoms with Gasteiger partial charge >= 0.3 is 0 Å². The second kappa shape index (κ2) is 22.0. The molecule has 12 rings (SSSR count). The molecule has 0 saturated carbocycles. The SMILES string of the molecule is COc1ccc(C(OC[C@]23CN(Cc4ccc5ccc6cccc7ccc4c5c67)[C@@H]([C@H](n4cnc5c4NC=NC5(N)C(=O)c4ccccc4)O2)[C@@H]3OP(OCCC#N)N(C(C)C)C(C)C)(c2ccccc2)c2ccc(OC)cc2)cc1. The first-order valence-corrected chi connectivity index (χ1v) is 28.6. The molecule has 2 bridgehead atoms. The van der Waals surface area contributed by atoms with Crippen LogP contribution in [0.3, 0.4) is 0 Å². The summed E-state index contributed by atoms with van der Waals surface area (Å²) in [5.41, 5.74) is 7.14. The third-order valence-corrected chi connectivity index (χ3v) is 18.3. The van der Waals surface area contributed by atoms with Crippen molar-refractivity contribution in [3.8, 4) is 17.6 Å². The van der Waals surface area contributed by atoms with Gasteiger partial charge in [-0.05, 0) is 107 Å². The number of nitrogens with zero attached hydrogens (tertiary/aromatic N) is 6. The van der Waals surface area contributed by atoms with E-state index in [-0.39, 0.29) is 37.4 Å². The maximum absolute atomic E-state index is 14.5. The lowest BCUT2D eigenvalue weighted by Gasteiger charge is -2.42. The zero-order valence-corrected chi connectivity index (χ0v) is 47.1. The zero-order valence-electron chi connectivity index (χ0n) is 46.2. The number of carbonyl (C=O) groups is 1. The van der Waals surface area contributed by atoms with Crippen LogP contribution in [0.1, 0.15) is 78.6 Å². The Morgan fingerprint density at radius 3 is 2.04 bits per heavy atom. The number of morpholine rings is 1. The molecule has 0 radical (unpaired) electrons. The number of methoxy groups -OCH3 is 2. The molecule has 3 aliphatic heterocycles. The number of nitrogens with two attached hydrogens (primary N) is 1.